The van der Waals surface area contributed by atoms with Gasteiger partial charge in [-0.3, -0.25) is 0 Å². The van der Waals surface area contributed by atoms with Crippen molar-refractivity contribution in [1.82, 2.24) is 0 Å². The van der Waals surface area contributed by atoms with Crippen molar-refractivity contribution in [2.45, 2.75) is 40.5 Å². The second-order valence-corrected chi connectivity index (χ2v) is 5.28. The van der Waals surface area contributed by atoms with E-state index < -0.39 is 0 Å². The maximum atomic E-state index is 4.08. The molecule has 0 bridgehead atoms. The van der Waals surface area contributed by atoms with Gasteiger partial charge in [-0.1, -0.05) is 69.9 Å². The van der Waals surface area contributed by atoms with Crippen LogP contribution in [0.5, 0.6) is 0 Å². The van der Waals surface area contributed by atoms with Gasteiger partial charge in [0, 0.05) is 6.42 Å². The van der Waals surface area contributed by atoms with Crippen molar-refractivity contribution in [1.29, 1.82) is 0 Å². The highest BCUT2D eigenvalue weighted by Crippen LogP contribution is 2.28. The van der Waals surface area contributed by atoms with E-state index in [0.717, 1.165) is 12.8 Å². The summed E-state index contributed by atoms with van der Waals surface area (Å²) in [6.07, 6.45) is 8.49. The Bertz CT molecular complexity index is 374. The molecule has 1 unspecified atom stereocenters. The smallest absolute Gasteiger partial charge is 0.0593 e. The summed E-state index contributed by atoms with van der Waals surface area (Å²) < 4.78 is 0. The lowest BCUT2D eigenvalue weighted by atomic mass is 9.84. The van der Waals surface area contributed by atoms with Crippen LogP contribution in [0, 0.1) is 23.2 Å². The Labute approximate surface area is 100 Å². The molecule has 0 saturated heterocycles. The fraction of sp³-hybridized carbons (Fsp3) is 0.500. The minimum absolute atomic E-state index is 0.202. The standard InChI is InChI=1S/C16H22/c1-6-13(2)14-9-7-8-10-15(12-11-14)16(3,4)5/h10-12,14H,2,6,8H2,1,3-5H3/b12-11-,15-10+. The highest BCUT2D eigenvalue weighted by atomic mass is 14.2. The molecule has 0 spiro atoms. The lowest BCUT2D eigenvalue weighted by molar-refractivity contribution is 0.515. The van der Waals surface area contributed by atoms with Crippen LogP contribution in [-0.2, 0) is 0 Å². The quantitative estimate of drug-likeness (QED) is 0.469. The SMILES string of the molecule is C=C(CC)C1C#CC/C=C(C(C)(C)C)\C=C/1. The summed E-state index contributed by atoms with van der Waals surface area (Å²) >= 11 is 0. The lowest BCUT2D eigenvalue weighted by Gasteiger charge is -2.21. The van der Waals surface area contributed by atoms with Crippen LogP contribution in [0.4, 0.5) is 0 Å². The average Bonchev–Trinajstić information content (AvgIpc) is 2.14. The largest absolute Gasteiger partial charge is 0.0983 e. The van der Waals surface area contributed by atoms with Gasteiger partial charge in [0.25, 0.3) is 0 Å². The van der Waals surface area contributed by atoms with E-state index in [9.17, 15) is 0 Å². The van der Waals surface area contributed by atoms with Crippen LogP contribution in [0.15, 0.2) is 36.0 Å². The molecular weight excluding hydrogens is 192 g/mol. The van der Waals surface area contributed by atoms with Crippen LogP contribution in [-0.4, -0.2) is 0 Å². The lowest BCUT2D eigenvalue weighted by Crippen LogP contribution is -2.09. The molecule has 0 amide bonds. The first-order chi connectivity index (χ1) is 7.45. The van der Waals surface area contributed by atoms with Gasteiger partial charge in [0.1, 0.15) is 0 Å². The monoisotopic (exact) mass is 214 g/mol. The zero-order valence-electron chi connectivity index (χ0n) is 10.9. The summed E-state index contributed by atoms with van der Waals surface area (Å²) in [5, 5.41) is 0. The fourth-order valence-electron chi connectivity index (χ4n) is 1.66. The zero-order valence-corrected chi connectivity index (χ0v) is 10.9. The molecule has 0 aromatic heterocycles. The third-order valence-electron chi connectivity index (χ3n) is 2.91. The van der Waals surface area contributed by atoms with Gasteiger partial charge in [0.15, 0.2) is 0 Å². The molecule has 1 aliphatic rings. The van der Waals surface area contributed by atoms with Gasteiger partial charge in [-0.05, 0) is 17.4 Å². The van der Waals surface area contributed by atoms with Crippen LogP contribution >= 0.6 is 0 Å². The summed E-state index contributed by atoms with van der Waals surface area (Å²) in [7, 11) is 0. The average molecular weight is 214 g/mol. The first kappa shape index (κ1) is 12.8. The van der Waals surface area contributed by atoms with Crippen molar-refractivity contribution in [2.24, 2.45) is 11.3 Å². The number of hydrogen-bond acceptors (Lipinski definition) is 0. The minimum Gasteiger partial charge on any atom is -0.0983 e. The predicted octanol–water partition coefficient (Wildman–Crippen LogP) is 4.50. The molecule has 0 nitrogen and oxygen atoms in total. The molecule has 0 radical (unpaired) electrons. The first-order valence-corrected chi connectivity index (χ1v) is 6.00. The Morgan fingerprint density at radius 3 is 2.75 bits per heavy atom. The van der Waals surface area contributed by atoms with E-state index in [4.69, 9.17) is 0 Å². The van der Waals surface area contributed by atoms with Crippen molar-refractivity contribution < 1.29 is 0 Å². The van der Waals surface area contributed by atoms with Gasteiger partial charge in [0.05, 0.1) is 5.92 Å². The summed E-state index contributed by atoms with van der Waals surface area (Å²) in [6, 6.07) is 0. The van der Waals surface area contributed by atoms with Gasteiger partial charge in [0.2, 0.25) is 0 Å². The van der Waals surface area contributed by atoms with Gasteiger partial charge in [-0.2, -0.15) is 0 Å². The van der Waals surface area contributed by atoms with Crippen LogP contribution in [0.25, 0.3) is 0 Å². The molecular formula is C16H22. The Morgan fingerprint density at radius 1 is 1.50 bits per heavy atom. The zero-order chi connectivity index (χ0) is 12.2. The van der Waals surface area contributed by atoms with E-state index in [1.165, 1.54) is 11.1 Å². The number of hydrogen-bond donors (Lipinski definition) is 0. The maximum absolute atomic E-state index is 4.08. The summed E-state index contributed by atoms with van der Waals surface area (Å²) in [6.45, 7) is 12.9. The fourth-order valence-corrected chi connectivity index (χ4v) is 1.66. The van der Waals surface area contributed by atoms with E-state index in [1.807, 2.05) is 0 Å². The summed E-state index contributed by atoms with van der Waals surface area (Å²) in [5.41, 5.74) is 2.78. The van der Waals surface area contributed by atoms with E-state index in [-0.39, 0.29) is 11.3 Å². The molecule has 0 N–H and O–H groups in total. The van der Waals surface area contributed by atoms with Crippen LogP contribution in [0.1, 0.15) is 40.5 Å². The molecule has 1 atom stereocenters. The van der Waals surface area contributed by atoms with Gasteiger partial charge in [-0.15, -0.1) is 0 Å². The molecule has 16 heavy (non-hydrogen) atoms. The molecule has 86 valence electrons. The third kappa shape index (κ3) is 3.42. The molecule has 0 heteroatoms. The molecule has 1 rings (SSSR count). The Hall–Kier alpha value is -1.22. The van der Waals surface area contributed by atoms with Crippen molar-refractivity contribution in [2.75, 3.05) is 0 Å². The molecule has 0 heterocycles. The first-order valence-electron chi connectivity index (χ1n) is 6.00. The Balaban J connectivity index is 2.94. The van der Waals surface area contributed by atoms with Crippen molar-refractivity contribution in [3.8, 4) is 11.8 Å². The normalized spacial score (nSPS) is 25.5. The van der Waals surface area contributed by atoms with Crippen LogP contribution in [0.2, 0.25) is 0 Å². The van der Waals surface area contributed by atoms with Gasteiger partial charge in [-0.25, -0.2) is 0 Å². The van der Waals surface area contributed by atoms with Crippen LogP contribution in [0.3, 0.4) is 0 Å². The molecule has 0 aromatic carbocycles. The highest BCUT2D eigenvalue weighted by molar-refractivity contribution is 5.34. The molecule has 1 aliphatic carbocycles. The number of rotatable bonds is 2. The van der Waals surface area contributed by atoms with E-state index >= 15 is 0 Å². The topological polar surface area (TPSA) is 0 Å². The van der Waals surface area contributed by atoms with E-state index in [1.54, 1.807) is 0 Å². The summed E-state index contributed by atoms with van der Waals surface area (Å²) in [5.74, 6) is 6.71. The summed E-state index contributed by atoms with van der Waals surface area (Å²) in [4.78, 5) is 0. The second kappa shape index (κ2) is 5.21. The van der Waals surface area contributed by atoms with E-state index in [2.05, 4.69) is 64.3 Å². The van der Waals surface area contributed by atoms with E-state index in [0.29, 0.717) is 0 Å². The maximum Gasteiger partial charge on any atom is 0.0593 e. The van der Waals surface area contributed by atoms with Gasteiger partial charge < -0.3 is 0 Å². The van der Waals surface area contributed by atoms with Crippen molar-refractivity contribution in [3.63, 3.8) is 0 Å². The molecule has 0 aliphatic heterocycles. The Kier molecular flexibility index (Phi) is 4.19. The predicted molar refractivity (Wildman–Crippen MR) is 72.0 cm³/mol. The third-order valence-corrected chi connectivity index (χ3v) is 2.91. The minimum atomic E-state index is 0.202. The second-order valence-electron chi connectivity index (χ2n) is 5.28. The molecule has 0 saturated carbocycles. The molecule has 0 aromatic rings. The Morgan fingerprint density at radius 2 is 2.19 bits per heavy atom. The van der Waals surface area contributed by atoms with Crippen molar-refractivity contribution >= 4 is 0 Å². The molecule has 0 fully saturated rings. The van der Waals surface area contributed by atoms with Gasteiger partial charge >= 0.3 is 0 Å². The van der Waals surface area contributed by atoms with Crippen LogP contribution < -0.4 is 0 Å². The highest BCUT2D eigenvalue weighted by Gasteiger charge is 2.15. The van der Waals surface area contributed by atoms with Crippen molar-refractivity contribution in [3.05, 3.63) is 36.0 Å². The number of allylic oxidation sites excluding steroid dienone is 5.